The molecule has 4 heteroatoms. The quantitative estimate of drug-likeness (QED) is 0.447. The molecular formula is C31H48N2O2. The summed E-state index contributed by atoms with van der Waals surface area (Å²) in [5.74, 6) is 6.36. The summed E-state index contributed by atoms with van der Waals surface area (Å²) in [5.41, 5.74) is 0.513. The smallest absolute Gasteiger partial charge is 0.134 e. The summed E-state index contributed by atoms with van der Waals surface area (Å²) in [6.45, 7) is 9.13. The Morgan fingerprint density at radius 1 is 1.11 bits per heavy atom. The maximum Gasteiger partial charge on any atom is 0.134 e. The van der Waals surface area contributed by atoms with Gasteiger partial charge in [-0.3, -0.25) is 4.99 Å². The molecule has 4 nitrogen and oxygen atoms in total. The number of allylic oxidation sites excluding steroid dienone is 1. The van der Waals surface area contributed by atoms with Crippen LogP contribution in [-0.4, -0.2) is 36.2 Å². The van der Waals surface area contributed by atoms with Gasteiger partial charge in [0.25, 0.3) is 0 Å². The summed E-state index contributed by atoms with van der Waals surface area (Å²) in [6, 6.07) is 2.19. The number of hydrogen-bond acceptors (Lipinski definition) is 4. The summed E-state index contributed by atoms with van der Waals surface area (Å²) in [5, 5.41) is 20.3. The van der Waals surface area contributed by atoms with E-state index in [9.17, 15) is 5.11 Å². The number of aliphatic hydroxyl groups is 1. The minimum atomic E-state index is -0.578. The van der Waals surface area contributed by atoms with Crippen molar-refractivity contribution in [1.82, 2.24) is 0 Å². The van der Waals surface area contributed by atoms with E-state index in [1.807, 2.05) is 13.0 Å². The van der Waals surface area contributed by atoms with Gasteiger partial charge in [-0.2, -0.15) is 5.26 Å². The summed E-state index contributed by atoms with van der Waals surface area (Å²) in [6.07, 6.45) is 18.2. The molecule has 1 N–H and O–H groups in total. The third kappa shape index (κ3) is 4.77. The van der Waals surface area contributed by atoms with E-state index in [1.165, 1.54) is 57.8 Å². The molecule has 0 aromatic rings. The molecule has 4 aliphatic carbocycles. The first-order chi connectivity index (χ1) is 16.9. The van der Waals surface area contributed by atoms with Gasteiger partial charge in [0.05, 0.1) is 12.2 Å². The molecule has 35 heavy (non-hydrogen) atoms. The lowest BCUT2D eigenvalue weighted by molar-refractivity contribution is -0.129. The number of aliphatic imine (C=N–C) groups is 1. The zero-order valence-electron chi connectivity index (χ0n) is 22.4. The van der Waals surface area contributed by atoms with Crippen LogP contribution >= 0.6 is 0 Å². The van der Waals surface area contributed by atoms with Crippen molar-refractivity contribution in [3.05, 3.63) is 12.2 Å². The number of hydrogen-bond donors (Lipinski definition) is 1. The van der Waals surface area contributed by atoms with Crippen molar-refractivity contribution < 1.29 is 9.84 Å². The van der Waals surface area contributed by atoms with Crippen molar-refractivity contribution in [2.75, 3.05) is 19.8 Å². The average molecular weight is 481 g/mol. The Labute approximate surface area is 213 Å². The van der Waals surface area contributed by atoms with Crippen LogP contribution in [0, 0.1) is 64.1 Å². The van der Waals surface area contributed by atoms with Crippen LogP contribution in [-0.2, 0) is 4.74 Å². The lowest BCUT2D eigenvalue weighted by Crippen LogP contribution is -2.52. The monoisotopic (exact) mass is 480 g/mol. The highest BCUT2D eigenvalue weighted by molar-refractivity contribution is 6.07. The van der Waals surface area contributed by atoms with Gasteiger partial charge in [-0.05, 0) is 130 Å². The summed E-state index contributed by atoms with van der Waals surface area (Å²) >= 11 is 0. The lowest BCUT2D eigenvalue weighted by atomic mass is 9.48. The third-order valence-corrected chi connectivity index (χ3v) is 11.6. The predicted octanol–water partition coefficient (Wildman–Crippen LogP) is 6.59. The van der Waals surface area contributed by atoms with Crippen molar-refractivity contribution in [2.45, 2.75) is 97.0 Å². The fraction of sp³-hybridized carbons (Fsp3) is 0.871. The molecule has 0 radical (unpaired) electrons. The first kappa shape index (κ1) is 25.5. The highest BCUT2D eigenvalue weighted by Gasteiger charge is 2.58. The zero-order valence-corrected chi connectivity index (χ0v) is 22.4. The van der Waals surface area contributed by atoms with Crippen LogP contribution < -0.4 is 0 Å². The second-order valence-corrected chi connectivity index (χ2v) is 13.1. The van der Waals surface area contributed by atoms with E-state index in [1.54, 1.807) is 0 Å². The maximum atomic E-state index is 11.2. The fourth-order valence-electron chi connectivity index (χ4n) is 9.99. The first-order valence-electron chi connectivity index (χ1n) is 14.8. The zero-order chi connectivity index (χ0) is 24.6. The van der Waals surface area contributed by atoms with Crippen LogP contribution in [0.25, 0.3) is 0 Å². The first-order valence-corrected chi connectivity index (χ1v) is 14.8. The molecule has 10 atom stereocenters. The number of nitriles is 1. The Balaban J connectivity index is 1.24. The molecule has 4 fully saturated rings. The van der Waals surface area contributed by atoms with Crippen molar-refractivity contribution in [1.29, 1.82) is 5.26 Å². The molecule has 0 amide bonds. The van der Waals surface area contributed by atoms with Gasteiger partial charge >= 0.3 is 0 Å². The second kappa shape index (κ2) is 10.3. The van der Waals surface area contributed by atoms with Crippen LogP contribution in [0.5, 0.6) is 0 Å². The number of fused-ring (bicyclic) bond motifs is 5. The van der Waals surface area contributed by atoms with E-state index in [-0.39, 0.29) is 0 Å². The molecule has 0 bridgehead atoms. The Morgan fingerprint density at radius 2 is 1.94 bits per heavy atom. The summed E-state index contributed by atoms with van der Waals surface area (Å²) in [7, 11) is 0. The normalized spacial score (nSPS) is 45.6. The topological polar surface area (TPSA) is 65.6 Å². The van der Waals surface area contributed by atoms with E-state index < -0.39 is 5.60 Å². The molecule has 1 heterocycles. The largest absolute Gasteiger partial charge is 0.387 e. The Bertz CT molecular complexity index is 861. The van der Waals surface area contributed by atoms with Crippen LogP contribution in [0.1, 0.15) is 91.4 Å². The average Bonchev–Trinajstić information content (AvgIpc) is 3.23. The predicted molar refractivity (Wildman–Crippen MR) is 141 cm³/mol. The summed E-state index contributed by atoms with van der Waals surface area (Å²) in [4.78, 5) is 4.50. The van der Waals surface area contributed by atoms with Gasteiger partial charge in [-0.1, -0.05) is 26.3 Å². The minimum absolute atomic E-state index is 0.499. The number of rotatable bonds is 7. The van der Waals surface area contributed by atoms with Crippen molar-refractivity contribution in [3.63, 3.8) is 0 Å². The minimum Gasteiger partial charge on any atom is -0.387 e. The molecule has 0 spiro atoms. The molecule has 5 rings (SSSR count). The van der Waals surface area contributed by atoms with Crippen LogP contribution in [0.15, 0.2) is 17.1 Å². The highest BCUT2D eigenvalue weighted by atomic mass is 16.5. The van der Waals surface area contributed by atoms with Crippen LogP contribution in [0.2, 0.25) is 0 Å². The molecule has 0 aromatic heterocycles. The van der Waals surface area contributed by atoms with Gasteiger partial charge < -0.3 is 9.84 Å². The van der Waals surface area contributed by atoms with Gasteiger partial charge in [-0.15, -0.1) is 0 Å². The Morgan fingerprint density at radius 3 is 2.66 bits per heavy atom. The van der Waals surface area contributed by atoms with E-state index in [0.717, 1.165) is 54.9 Å². The number of nitrogens with zero attached hydrogens (tertiary/aromatic N) is 2. The van der Waals surface area contributed by atoms with E-state index in [2.05, 4.69) is 31.0 Å². The van der Waals surface area contributed by atoms with Gasteiger partial charge in [-0.25, -0.2) is 0 Å². The molecule has 0 saturated heterocycles. The molecule has 5 aliphatic rings. The second-order valence-electron chi connectivity index (χ2n) is 13.1. The van der Waals surface area contributed by atoms with Crippen LogP contribution in [0.4, 0.5) is 0 Å². The lowest BCUT2D eigenvalue weighted by Gasteiger charge is -2.57. The number of ether oxygens (including phenoxy) is 1. The van der Waals surface area contributed by atoms with E-state index in [0.29, 0.717) is 36.2 Å². The maximum absolute atomic E-state index is 11.2. The van der Waals surface area contributed by atoms with Gasteiger partial charge in [0.2, 0.25) is 0 Å². The van der Waals surface area contributed by atoms with E-state index in [4.69, 9.17) is 10.00 Å². The van der Waals surface area contributed by atoms with Gasteiger partial charge in [0.15, 0.2) is 0 Å². The molecule has 194 valence electrons. The molecule has 4 saturated carbocycles. The molecule has 1 unspecified atom stereocenters. The van der Waals surface area contributed by atoms with E-state index >= 15 is 0 Å². The summed E-state index contributed by atoms with van der Waals surface area (Å²) < 4.78 is 5.67. The van der Waals surface area contributed by atoms with Crippen molar-refractivity contribution in [2.24, 2.45) is 57.8 Å². The van der Waals surface area contributed by atoms with Crippen LogP contribution in [0.3, 0.4) is 0 Å². The standard InChI is InChI=1S/C31H48N2O2/c1-4-22(16-21-6-8-24(18-32)33-19-21)28-10-11-29-27-9-7-23-17-31(34,20-35-5-2)15-13-25(23)26(27)12-14-30(28,29)3/h6,8,21-23,25-29,34H,4-5,7,9-17,19-20H2,1-3H3/t21?,22-,23+,25-,26+,27+,28+,29-,30+,31+/m0/s1. The number of dihydropyridines is 1. The molecule has 1 aliphatic heterocycles. The molecule has 0 aromatic carbocycles. The van der Waals surface area contributed by atoms with Gasteiger partial charge in [0, 0.05) is 13.2 Å². The Hall–Kier alpha value is -1.18. The van der Waals surface area contributed by atoms with Crippen molar-refractivity contribution >= 4 is 5.71 Å². The highest BCUT2D eigenvalue weighted by Crippen LogP contribution is 2.66. The third-order valence-electron chi connectivity index (χ3n) is 11.6. The fourth-order valence-corrected chi connectivity index (χ4v) is 9.99. The van der Waals surface area contributed by atoms with Crippen molar-refractivity contribution in [3.8, 4) is 6.07 Å². The van der Waals surface area contributed by atoms with Gasteiger partial charge in [0.1, 0.15) is 11.8 Å². The SMILES string of the molecule is CCOC[C@@]1(O)CC[C@H]2[C@H](CC[C@@H]3[C@@H]2CC[C@]2(C)[C@@H]([C@@H](CC)CC4C=CC(C#N)=NC4)CC[C@@H]32)C1. The molecular weight excluding hydrogens is 432 g/mol. The Kier molecular flexibility index (Phi) is 7.49.